The lowest BCUT2D eigenvalue weighted by Gasteiger charge is -2.17. The van der Waals surface area contributed by atoms with Gasteiger partial charge in [0.1, 0.15) is 5.82 Å². The molecule has 0 aromatic carbocycles. The highest BCUT2D eigenvalue weighted by Crippen LogP contribution is 2.29. The summed E-state index contributed by atoms with van der Waals surface area (Å²) in [6.45, 7) is 4.31. The van der Waals surface area contributed by atoms with Gasteiger partial charge in [0.25, 0.3) is 0 Å². The quantitative estimate of drug-likeness (QED) is 0.832. The highest BCUT2D eigenvalue weighted by atomic mass is 35.5. The van der Waals surface area contributed by atoms with Crippen LogP contribution in [0.4, 0.5) is 5.82 Å². The molecule has 0 spiro atoms. The summed E-state index contributed by atoms with van der Waals surface area (Å²) in [4.78, 5) is 10.7. The second kappa shape index (κ2) is 4.14. The van der Waals surface area contributed by atoms with Gasteiger partial charge in [-0.3, -0.25) is 5.10 Å². The van der Waals surface area contributed by atoms with E-state index in [0.717, 1.165) is 30.2 Å². The average molecular weight is 252 g/mol. The topological polar surface area (TPSA) is 57.7 Å². The van der Waals surface area contributed by atoms with Gasteiger partial charge in [0.2, 0.25) is 5.28 Å². The first-order valence-electron chi connectivity index (χ1n) is 5.89. The number of hydrogen-bond acceptors (Lipinski definition) is 4. The van der Waals surface area contributed by atoms with Gasteiger partial charge in [0, 0.05) is 13.1 Å². The highest BCUT2D eigenvalue weighted by Gasteiger charge is 2.24. The summed E-state index contributed by atoms with van der Waals surface area (Å²) in [6.07, 6.45) is 4.20. The van der Waals surface area contributed by atoms with Crippen LogP contribution in [0.1, 0.15) is 19.8 Å². The number of anilines is 1. The monoisotopic (exact) mass is 251 g/mol. The standard InChI is InChI=1S/C11H14ClN5/c1-2-7-3-4-17(6-7)10-8-5-13-16-9(8)14-11(12)15-10/h5,7H,2-4,6H2,1H3,(H,13,14,15,16). The molecule has 0 radical (unpaired) electrons. The lowest BCUT2D eigenvalue weighted by molar-refractivity contribution is 0.569. The van der Waals surface area contributed by atoms with Gasteiger partial charge < -0.3 is 4.90 Å². The van der Waals surface area contributed by atoms with Crippen LogP contribution in [0.25, 0.3) is 11.0 Å². The first-order chi connectivity index (χ1) is 8.28. The number of fused-ring (bicyclic) bond motifs is 1. The van der Waals surface area contributed by atoms with Crippen LogP contribution in [0.3, 0.4) is 0 Å². The Morgan fingerprint density at radius 3 is 3.18 bits per heavy atom. The highest BCUT2D eigenvalue weighted by molar-refractivity contribution is 6.28. The third-order valence-corrected chi connectivity index (χ3v) is 3.59. The number of halogens is 1. The third-order valence-electron chi connectivity index (χ3n) is 3.43. The number of aromatic amines is 1. The van der Waals surface area contributed by atoms with Gasteiger partial charge in [0.05, 0.1) is 11.6 Å². The zero-order valence-electron chi connectivity index (χ0n) is 9.65. The number of nitrogens with zero attached hydrogens (tertiary/aromatic N) is 4. The molecule has 1 aliphatic rings. The summed E-state index contributed by atoms with van der Waals surface area (Å²) >= 11 is 5.93. The Labute approximate surface area is 104 Å². The minimum atomic E-state index is 0.275. The van der Waals surface area contributed by atoms with Crippen LogP contribution >= 0.6 is 11.6 Å². The van der Waals surface area contributed by atoms with E-state index in [0.29, 0.717) is 5.65 Å². The molecule has 0 saturated carbocycles. The van der Waals surface area contributed by atoms with Gasteiger partial charge in [-0.2, -0.15) is 15.1 Å². The second-order valence-electron chi connectivity index (χ2n) is 4.46. The zero-order chi connectivity index (χ0) is 11.8. The predicted octanol–water partition coefficient (Wildman–Crippen LogP) is 2.24. The van der Waals surface area contributed by atoms with Crippen molar-refractivity contribution in [3.05, 3.63) is 11.5 Å². The van der Waals surface area contributed by atoms with Gasteiger partial charge in [-0.05, 0) is 23.9 Å². The van der Waals surface area contributed by atoms with Crippen molar-refractivity contribution in [2.45, 2.75) is 19.8 Å². The number of hydrogen-bond donors (Lipinski definition) is 1. The molecule has 90 valence electrons. The van der Waals surface area contributed by atoms with E-state index < -0.39 is 0 Å². The van der Waals surface area contributed by atoms with Crippen molar-refractivity contribution in [1.29, 1.82) is 0 Å². The smallest absolute Gasteiger partial charge is 0.226 e. The molecular weight excluding hydrogens is 238 g/mol. The Hall–Kier alpha value is -1.36. The molecule has 2 aromatic rings. The minimum absolute atomic E-state index is 0.275. The molecule has 1 aliphatic heterocycles. The predicted molar refractivity (Wildman–Crippen MR) is 67.3 cm³/mol. The zero-order valence-corrected chi connectivity index (χ0v) is 10.4. The first kappa shape index (κ1) is 10.8. The van der Waals surface area contributed by atoms with E-state index in [9.17, 15) is 0 Å². The number of nitrogens with one attached hydrogen (secondary N) is 1. The normalized spacial score (nSPS) is 20.4. The van der Waals surface area contributed by atoms with Crippen LogP contribution in [0.5, 0.6) is 0 Å². The van der Waals surface area contributed by atoms with Gasteiger partial charge in [-0.1, -0.05) is 13.3 Å². The summed E-state index contributed by atoms with van der Waals surface area (Å²) in [5, 5.41) is 8.06. The lowest BCUT2D eigenvalue weighted by Crippen LogP contribution is -2.21. The molecule has 1 saturated heterocycles. The summed E-state index contributed by atoms with van der Waals surface area (Å²) in [7, 11) is 0. The Kier molecular flexibility index (Phi) is 2.63. The summed E-state index contributed by atoms with van der Waals surface area (Å²) in [5.41, 5.74) is 0.708. The van der Waals surface area contributed by atoms with Crippen LogP contribution in [0.15, 0.2) is 6.20 Å². The van der Waals surface area contributed by atoms with Gasteiger partial charge in [-0.25, -0.2) is 0 Å². The molecule has 6 heteroatoms. The maximum Gasteiger partial charge on any atom is 0.226 e. The van der Waals surface area contributed by atoms with Crippen molar-refractivity contribution in [3.63, 3.8) is 0 Å². The second-order valence-corrected chi connectivity index (χ2v) is 4.80. The number of aromatic nitrogens is 4. The van der Waals surface area contributed by atoms with Crippen molar-refractivity contribution in [1.82, 2.24) is 20.2 Å². The Morgan fingerprint density at radius 2 is 2.41 bits per heavy atom. The Bertz CT molecular complexity index is 538. The fourth-order valence-electron chi connectivity index (χ4n) is 2.39. The van der Waals surface area contributed by atoms with Crippen LogP contribution in [-0.4, -0.2) is 33.3 Å². The maximum absolute atomic E-state index is 5.93. The molecule has 1 unspecified atom stereocenters. The van der Waals surface area contributed by atoms with Gasteiger partial charge in [0.15, 0.2) is 5.65 Å². The number of rotatable bonds is 2. The Morgan fingerprint density at radius 1 is 1.53 bits per heavy atom. The van der Waals surface area contributed by atoms with Crippen molar-refractivity contribution in [2.24, 2.45) is 5.92 Å². The van der Waals surface area contributed by atoms with Crippen LogP contribution in [0.2, 0.25) is 5.28 Å². The van der Waals surface area contributed by atoms with Gasteiger partial charge >= 0.3 is 0 Å². The molecular formula is C11H14ClN5. The van der Waals surface area contributed by atoms with Gasteiger partial charge in [-0.15, -0.1) is 0 Å². The van der Waals surface area contributed by atoms with E-state index in [1.807, 2.05) is 0 Å². The van der Waals surface area contributed by atoms with Crippen LogP contribution in [0, 0.1) is 5.92 Å². The largest absolute Gasteiger partial charge is 0.356 e. The van der Waals surface area contributed by atoms with E-state index in [1.54, 1.807) is 6.20 Å². The SMILES string of the molecule is CCC1CCN(c2nc(Cl)nc3[nH]ncc23)C1. The van der Waals surface area contributed by atoms with Crippen molar-refractivity contribution in [2.75, 3.05) is 18.0 Å². The molecule has 1 fully saturated rings. The van der Waals surface area contributed by atoms with Crippen molar-refractivity contribution >= 4 is 28.5 Å². The molecule has 3 rings (SSSR count). The Balaban J connectivity index is 2.02. The molecule has 0 amide bonds. The molecule has 5 nitrogen and oxygen atoms in total. The fourth-order valence-corrected chi connectivity index (χ4v) is 2.56. The van der Waals surface area contributed by atoms with E-state index in [4.69, 9.17) is 11.6 Å². The molecule has 3 heterocycles. The van der Waals surface area contributed by atoms with Crippen LogP contribution < -0.4 is 4.90 Å². The van der Waals surface area contributed by atoms with Crippen molar-refractivity contribution < 1.29 is 0 Å². The van der Waals surface area contributed by atoms with E-state index in [1.165, 1.54) is 12.8 Å². The molecule has 0 aliphatic carbocycles. The van der Waals surface area contributed by atoms with Crippen LogP contribution in [-0.2, 0) is 0 Å². The minimum Gasteiger partial charge on any atom is -0.356 e. The summed E-state index contributed by atoms with van der Waals surface area (Å²) in [6, 6.07) is 0. The molecule has 2 aromatic heterocycles. The lowest BCUT2D eigenvalue weighted by atomic mass is 10.1. The average Bonchev–Trinajstić information content (AvgIpc) is 2.95. The number of H-pyrrole nitrogens is 1. The molecule has 1 atom stereocenters. The van der Waals surface area contributed by atoms with Crippen molar-refractivity contribution in [3.8, 4) is 0 Å². The van der Waals surface area contributed by atoms with E-state index >= 15 is 0 Å². The molecule has 1 N–H and O–H groups in total. The van der Waals surface area contributed by atoms with E-state index in [-0.39, 0.29) is 5.28 Å². The third kappa shape index (κ3) is 1.84. The first-order valence-corrected chi connectivity index (χ1v) is 6.27. The molecule has 17 heavy (non-hydrogen) atoms. The molecule has 0 bridgehead atoms. The summed E-state index contributed by atoms with van der Waals surface area (Å²) < 4.78 is 0. The van der Waals surface area contributed by atoms with E-state index in [2.05, 4.69) is 32.0 Å². The maximum atomic E-state index is 5.93. The fraction of sp³-hybridized carbons (Fsp3) is 0.545. The summed E-state index contributed by atoms with van der Waals surface area (Å²) in [5.74, 6) is 1.66.